The summed E-state index contributed by atoms with van der Waals surface area (Å²) in [6, 6.07) is 2.46. The van der Waals surface area contributed by atoms with Crippen LogP contribution < -0.4 is 15.5 Å². The summed E-state index contributed by atoms with van der Waals surface area (Å²) in [4.78, 5) is 25.4. The third kappa shape index (κ3) is 3.09. The molecule has 0 aliphatic carbocycles. The molecule has 132 valence electrons. The van der Waals surface area contributed by atoms with Gasteiger partial charge in [-0.25, -0.2) is 9.78 Å². The molecule has 2 bridgehead atoms. The van der Waals surface area contributed by atoms with Crippen LogP contribution in [0.15, 0.2) is 24.7 Å². The fraction of sp³-hybridized carbons (Fsp3) is 0.500. The predicted octanol–water partition coefficient (Wildman–Crippen LogP) is 1.33. The maximum atomic E-state index is 12.3. The van der Waals surface area contributed by atoms with Crippen molar-refractivity contribution in [1.82, 2.24) is 30.4 Å². The van der Waals surface area contributed by atoms with Crippen LogP contribution >= 0.6 is 0 Å². The van der Waals surface area contributed by atoms with E-state index in [9.17, 15) is 4.79 Å². The molecule has 3 N–H and O–H groups in total. The molecule has 4 rings (SSSR count). The second kappa shape index (κ2) is 6.58. The fourth-order valence-electron chi connectivity index (χ4n) is 3.70. The number of urea groups is 1. The van der Waals surface area contributed by atoms with Crippen molar-refractivity contribution in [2.75, 3.05) is 29.9 Å². The molecule has 2 aromatic rings. The number of carbonyl (C=O) groups is 1. The van der Waals surface area contributed by atoms with Crippen LogP contribution in [0, 0.1) is 0 Å². The molecule has 2 aliphatic rings. The zero-order chi connectivity index (χ0) is 17.2. The van der Waals surface area contributed by atoms with Crippen molar-refractivity contribution in [3.8, 4) is 0 Å². The van der Waals surface area contributed by atoms with Crippen LogP contribution in [0.25, 0.3) is 0 Å². The van der Waals surface area contributed by atoms with Gasteiger partial charge in [-0.05, 0) is 25.8 Å². The Kier molecular flexibility index (Phi) is 4.12. The Labute approximate surface area is 145 Å². The molecule has 0 saturated carbocycles. The number of amides is 2. The Morgan fingerprint density at radius 3 is 2.84 bits per heavy atom. The average Bonchev–Trinajstić information content (AvgIpc) is 3.21. The summed E-state index contributed by atoms with van der Waals surface area (Å²) in [5, 5.41) is 12.7. The minimum Gasteiger partial charge on any atom is -0.352 e. The molecule has 2 fully saturated rings. The summed E-state index contributed by atoms with van der Waals surface area (Å²) in [6.07, 6.45) is 7.28. The van der Waals surface area contributed by atoms with Gasteiger partial charge in [-0.1, -0.05) is 0 Å². The van der Waals surface area contributed by atoms with Gasteiger partial charge < -0.3 is 20.4 Å². The molecule has 4 heterocycles. The van der Waals surface area contributed by atoms with Crippen molar-refractivity contribution in [1.29, 1.82) is 0 Å². The molecule has 9 nitrogen and oxygen atoms in total. The normalized spacial score (nSPS) is 22.1. The van der Waals surface area contributed by atoms with Crippen molar-refractivity contribution in [2.24, 2.45) is 0 Å². The van der Waals surface area contributed by atoms with Crippen molar-refractivity contribution < 1.29 is 4.79 Å². The predicted molar refractivity (Wildman–Crippen MR) is 93.8 cm³/mol. The smallest absolute Gasteiger partial charge is 0.318 e. The van der Waals surface area contributed by atoms with E-state index in [-0.39, 0.29) is 18.1 Å². The van der Waals surface area contributed by atoms with Crippen molar-refractivity contribution >= 4 is 23.5 Å². The molecular weight excluding hydrogens is 320 g/mol. The topological polar surface area (TPSA) is 102 Å². The van der Waals surface area contributed by atoms with Crippen molar-refractivity contribution in [2.45, 2.75) is 31.8 Å². The highest BCUT2D eigenvalue weighted by Crippen LogP contribution is 2.32. The van der Waals surface area contributed by atoms with Gasteiger partial charge in [0.25, 0.3) is 0 Å². The number of carbonyl (C=O) groups excluding carboxylic acids is 1. The number of nitrogens with one attached hydrogen (secondary N) is 3. The lowest BCUT2D eigenvalue weighted by Gasteiger charge is -2.41. The van der Waals surface area contributed by atoms with Crippen LogP contribution in [-0.4, -0.2) is 62.8 Å². The number of aromatic amines is 1. The molecule has 2 atom stereocenters. The third-order valence-electron chi connectivity index (χ3n) is 4.76. The highest BCUT2D eigenvalue weighted by molar-refractivity contribution is 5.75. The monoisotopic (exact) mass is 342 g/mol. The van der Waals surface area contributed by atoms with E-state index in [1.54, 1.807) is 18.6 Å². The maximum Gasteiger partial charge on any atom is 0.318 e. The van der Waals surface area contributed by atoms with Crippen molar-refractivity contribution in [3.05, 3.63) is 24.7 Å². The number of aromatic nitrogens is 4. The first kappa shape index (κ1) is 15.7. The van der Waals surface area contributed by atoms with E-state index < -0.39 is 0 Å². The first-order valence-electron chi connectivity index (χ1n) is 8.64. The van der Waals surface area contributed by atoms with Crippen LogP contribution in [0.2, 0.25) is 0 Å². The fourth-order valence-corrected chi connectivity index (χ4v) is 3.70. The second-order valence-corrected chi connectivity index (χ2v) is 6.38. The van der Waals surface area contributed by atoms with Gasteiger partial charge in [-0.2, -0.15) is 10.1 Å². The lowest BCUT2D eigenvalue weighted by atomic mass is 10.2. The highest BCUT2D eigenvalue weighted by atomic mass is 16.2. The van der Waals surface area contributed by atoms with Gasteiger partial charge >= 0.3 is 6.03 Å². The van der Waals surface area contributed by atoms with Gasteiger partial charge in [-0.15, -0.1) is 0 Å². The Bertz CT molecular complexity index is 719. The lowest BCUT2D eigenvalue weighted by Crippen LogP contribution is -2.58. The Morgan fingerprint density at radius 1 is 1.36 bits per heavy atom. The minimum absolute atomic E-state index is 0.0552. The molecule has 25 heavy (non-hydrogen) atoms. The van der Waals surface area contributed by atoms with Crippen molar-refractivity contribution in [3.63, 3.8) is 0 Å². The Hall–Kier alpha value is -2.84. The number of anilines is 3. The van der Waals surface area contributed by atoms with Crippen LogP contribution in [0.1, 0.15) is 19.8 Å². The van der Waals surface area contributed by atoms with E-state index >= 15 is 0 Å². The van der Waals surface area contributed by atoms with Gasteiger partial charge in [0, 0.05) is 32.0 Å². The summed E-state index contributed by atoms with van der Waals surface area (Å²) < 4.78 is 0. The molecule has 0 aromatic carbocycles. The number of hydrogen-bond donors (Lipinski definition) is 3. The summed E-state index contributed by atoms with van der Waals surface area (Å²) in [5.74, 6) is 1.42. The molecule has 2 aromatic heterocycles. The largest absolute Gasteiger partial charge is 0.352 e. The van der Waals surface area contributed by atoms with Crippen LogP contribution in [0.3, 0.4) is 0 Å². The lowest BCUT2D eigenvalue weighted by molar-refractivity contribution is 0.162. The molecule has 0 spiro atoms. The van der Waals surface area contributed by atoms with Gasteiger partial charge in [-0.3, -0.25) is 5.10 Å². The van der Waals surface area contributed by atoms with Gasteiger partial charge in [0.2, 0.25) is 5.95 Å². The highest BCUT2D eigenvalue weighted by Gasteiger charge is 2.42. The second-order valence-electron chi connectivity index (χ2n) is 6.38. The zero-order valence-electron chi connectivity index (χ0n) is 14.1. The van der Waals surface area contributed by atoms with Crippen LogP contribution in [0.4, 0.5) is 22.2 Å². The molecule has 0 radical (unpaired) electrons. The van der Waals surface area contributed by atoms with E-state index in [0.29, 0.717) is 12.5 Å². The van der Waals surface area contributed by atoms with E-state index in [2.05, 4.69) is 35.7 Å². The van der Waals surface area contributed by atoms with E-state index in [0.717, 1.165) is 37.4 Å². The first-order chi connectivity index (χ1) is 12.2. The Morgan fingerprint density at radius 2 is 2.16 bits per heavy atom. The zero-order valence-corrected chi connectivity index (χ0v) is 14.1. The summed E-state index contributed by atoms with van der Waals surface area (Å²) in [7, 11) is 0. The van der Waals surface area contributed by atoms with E-state index in [1.807, 2.05) is 17.9 Å². The van der Waals surface area contributed by atoms with Crippen LogP contribution in [-0.2, 0) is 0 Å². The summed E-state index contributed by atoms with van der Waals surface area (Å²) in [6.45, 7) is 4.21. The van der Waals surface area contributed by atoms with E-state index in [4.69, 9.17) is 0 Å². The first-order valence-corrected chi connectivity index (χ1v) is 8.64. The number of H-pyrrole nitrogens is 1. The van der Waals surface area contributed by atoms with E-state index in [1.165, 1.54) is 0 Å². The number of hydrogen-bond acceptors (Lipinski definition) is 6. The standard InChI is InChI=1S/C16H22N8O/c1-2-17-16(25)24-12-3-4-13(24)10-23(9-12)14-5-6-18-15(22-14)21-11-7-19-20-8-11/h5-8,12-13H,2-4,9-10H2,1H3,(H,17,25)(H,19,20)(H,18,21,22)/t12-,13?/m0/s1. The molecule has 2 amide bonds. The summed E-state index contributed by atoms with van der Waals surface area (Å²) >= 11 is 0. The number of piperazine rings is 1. The quantitative estimate of drug-likeness (QED) is 0.775. The third-order valence-corrected chi connectivity index (χ3v) is 4.76. The Balaban J connectivity index is 1.48. The molecule has 2 saturated heterocycles. The minimum atomic E-state index is 0.0552. The maximum absolute atomic E-state index is 12.3. The number of rotatable bonds is 4. The molecule has 2 aliphatic heterocycles. The average molecular weight is 342 g/mol. The van der Waals surface area contributed by atoms with Crippen LogP contribution in [0.5, 0.6) is 0 Å². The van der Waals surface area contributed by atoms with Gasteiger partial charge in [0.15, 0.2) is 0 Å². The number of fused-ring (bicyclic) bond motifs is 2. The summed E-state index contributed by atoms with van der Waals surface area (Å²) in [5.41, 5.74) is 0.818. The van der Waals surface area contributed by atoms with Gasteiger partial charge in [0.1, 0.15) is 5.82 Å². The SMILES string of the molecule is CCNC(=O)N1C2CC[C@H]1CN(c1ccnc(Nc3cn[nH]c3)n1)C2. The molecule has 1 unspecified atom stereocenters. The van der Waals surface area contributed by atoms with Gasteiger partial charge in [0.05, 0.1) is 24.0 Å². The molecular formula is C16H22N8O. The number of nitrogens with zero attached hydrogens (tertiary/aromatic N) is 5. The molecule has 9 heteroatoms.